The molecule has 0 radical (unpaired) electrons. The van der Waals surface area contributed by atoms with Crippen molar-refractivity contribution in [3.05, 3.63) is 23.3 Å². The van der Waals surface area contributed by atoms with Gasteiger partial charge in [0.1, 0.15) is 0 Å². The summed E-state index contributed by atoms with van der Waals surface area (Å²) in [6, 6.07) is 3.02. The van der Waals surface area contributed by atoms with Crippen LogP contribution in [0.1, 0.15) is 35.2 Å². The number of benzene rings is 1. The summed E-state index contributed by atoms with van der Waals surface area (Å²) in [6.07, 6.45) is 1.83. The number of carbonyl (C=O) groups excluding carboxylic acids is 1. The molecule has 1 aliphatic carbocycles. The predicted molar refractivity (Wildman–Crippen MR) is 74.1 cm³/mol. The summed E-state index contributed by atoms with van der Waals surface area (Å²) in [5.74, 6) is -0.789. The summed E-state index contributed by atoms with van der Waals surface area (Å²) in [4.78, 5) is 23.5. The van der Waals surface area contributed by atoms with Gasteiger partial charge in [-0.1, -0.05) is 6.42 Å². The van der Waals surface area contributed by atoms with E-state index in [0.29, 0.717) is 29.9 Å². The summed E-state index contributed by atoms with van der Waals surface area (Å²) >= 11 is 0. The van der Waals surface area contributed by atoms with E-state index in [1.807, 2.05) is 0 Å². The maximum absolute atomic E-state index is 11.8. The Balaban J connectivity index is 2.67. The molecule has 1 fully saturated rings. The zero-order valence-electron chi connectivity index (χ0n) is 12.3. The van der Waals surface area contributed by atoms with E-state index < -0.39 is 17.4 Å². The Morgan fingerprint density at radius 2 is 1.81 bits per heavy atom. The van der Waals surface area contributed by atoms with Crippen molar-refractivity contribution in [2.24, 2.45) is 0 Å². The molecule has 1 aromatic carbocycles. The van der Waals surface area contributed by atoms with E-state index in [1.54, 1.807) is 0 Å². The predicted octanol–water partition coefficient (Wildman–Crippen LogP) is 2.00. The second-order valence-electron chi connectivity index (χ2n) is 4.99. The van der Waals surface area contributed by atoms with Gasteiger partial charge in [0.25, 0.3) is 0 Å². The van der Waals surface area contributed by atoms with Crippen LogP contribution in [0.25, 0.3) is 0 Å². The Hall–Kier alpha value is -2.24. The highest BCUT2D eigenvalue weighted by Crippen LogP contribution is 2.50. The first-order valence-corrected chi connectivity index (χ1v) is 6.58. The van der Waals surface area contributed by atoms with Gasteiger partial charge < -0.3 is 19.3 Å². The lowest BCUT2D eigenvalue weighted by atomic mass is 9.64. The third-order valence-corrected chi connectivity index (χ3v) is 4.03. The van der Waals surface area contributed by atoms with Crippen molar-refractivity contribution in [2.75, 3.05) is 21.3 Å². The number of ether oxygens (including phenoxy) is 3. The van der Waals surface area contributed by atoms with E-state index in [4.69, 9.17) is 14.2 Å². The molecule has 0 aliphatic heterocycles. The summed E-state index contributed by atoms with van der Waals surface area (Å²) in [6.45, 7) is 0. The first-order chi connectivity index (χ1) is 10.00. The van der Waals surface area contributed by atoms with E-state index in [2.05, 4.69) is 0 Å². The second-order valence-corrected chi connectivity index (χ2v) is 4.99. The zero-order chi connectivity index (χ0) is 15.6. The lowest BCUT2D eigenvalue weighted by Gasteiger charge is -2.39. The lowest BCUT2D eigenvalue weighted by molar-refractivity contribution is -0.147. The van der Waals surface area contributed by atoms with E-state index in [-0.39, 0.29) is 5.56 Å². The number of carbonyl (C=O) groups is 2. The molecule has 0 heterocycles. The maximum Gasteiger partial charge on any atom is 0.337 e. The van der Waals surface area contributed by atoms with E-state index in [0.717, 1.165) is 6.42 Å². The van der Waals surface area contributed by atoms with Crippen molar-refractivity contribution < 1.29 is 28.9 Å². The smallest absolute Gasteiger partial charge is 0.337 e. The Morgan fingerprint density at radius 1 is 1.14 bits per heavy atom. The number of esters is 1. The highest BCUT2D eigenvalue weighted by molar-refractivity contribution is 5.92. The summed E-state index contributed by atoms with van der Waals surface area (Å²) in [7, 11) is 4.17. The molecule has 0 bridgehead atoms. The van der Waals surface area contributed by atoms with Gasteiger partial charge in [-0.25, -0.2) is 4.79 Å². The van der Waals surface area contributed by atoms with Gasteiger partial charge in [-0.15, -0.1) is 0 Å². The summed E-state index contributed by atoms with van der Waals surface area (Å²) in [5, 5.41) is 9.59. The van der Waals surface area contributed by atoms with Crippen LogP contribution in [0.3, 0.4) is 0 Å². The topological polar surface area (TPSA) is 82.1 Å². The minimum Gasteiger partial charge on any atom is -0.493 e. The lowest BCUT2D eigenvalue weighted by Crippen LogP contribution is -2.42. The molecular weight excluding hydrogens is 276 g/mol. The van der Waals surface area contributed by atoms with E-state index >= 15 is 0 Å². The zero-order valence-corrected chi connectivity index (χ0v) is 12.3. The van der Waals surface area contributed by atoms with Crippen molar-refractivity contribution in [3.63, 3.8) is 0 Å². The quantitative estimate of drug-likeness (QED) is 0.836. The van der Waals surface area contributed by atoms with E-state index in [1.165, 1.54) is 33.5 Å². The van der Waals surface area contributed by atoms with Gasteiger partial charge in [-0.3, -0.25) is 4.79 Å². The molecule has 6 heteroatoms. The monoisotopic (exact) mass is 294 g/mol. The molecule has 0 spiro atoms. The van der Waals surface area contributed by atoms with Crippen LogP contribution in [-0.2, 0) is 14.9 Å². The first kappa shape index (κ1) is 15.2. The highest BCUT2D eigenvalue weighted by atomic mass is 16.5. The van der Waals surface area contributed by atoms with Crippen molar-refractivity contribution in [2.45, 2.75) is 24.7 Å². The molecule has 6 nitrogen and oxygen atoms in total. The van der Waals surface area contributed by atoms with Crippen LogP contribution in [0.15, 0.2) is 12.1 Å². The Labute approximate surface area is 122 Å². The molecule has 1 saturated carbocycles. The molecule has 0 aromatic heterocycles. The molecule has 21 heavy (non-hydrogen) atoms. The molecular formula is C15H18O6. The van der Waals surface area contributed by atoms with Crippen molar-refractivity contribution >= 4 is 11.9 Å². The van der Waals surface area contributed by atoms with Gasteiger partial charge >= 0.3 is 11.9 Å². The molecule has 2 rings (SSSR count). The molecule has 0 amide bonds. The van der Waals surface area contributed by atoms with Gasteiger partial charge in [-0.05, 0) is 25.0 Å². The normalized spacial score (nSPS) is 15.8. The number of carboxylic acids is 1. The largest absolute Gasteiger partial charge is 0.493 e. The molecule has 1 aliphatic rings. The number of rotatable bonds is 5. The summed E-state index contributed by atoms with van der Waals surface area (Å²) < 4.78 is 15.3. The second kappa shape index (κ2) is 5.63. The minimum absolute atomic E-state index is 0.248. The Kier molecular flexibility index (Phi) is 4.06. The van der Waals surface area contributed by atoms with Gasteiger partial charge in [0.15, 0.2) is 11.5 Å². The number of aliphatic carboxylic acids is 1. The number of methoxy groups -OCH3 is 3. The van der Waals surface area contributed by atoms with Crippen LogP contribution in [0.5, 0.6) is 11.5 Å². The van der Waals surface area contributed by atoms with E-state index in [9.17, 15) is 14.7 Å². The fourth-order valence-electron chi connectivity index (χ4n) is 2.68. The molecule has 0 unspecified atom stereocenters. The van der Waals surface area contributed by atoms with Crippen LogP contribution < -0.4 is 9.47 Å². The minimum atomic E-state index is -1.03. The third-order valence-electron chi connectivity index (χ3n) is 4.03. The SMILES string of the molecule is COC(=O)c1cc(OC)c(OC)c(C2(C(=O)O)CCC2)c1. The van der Waals surface area contributed by atoms with Crippen LogP contribution in [0, 0.1) is 0 Å². The molecule has 0 atom stereocenters. The number of carboxylic acid groups (broad SMARTS) is 1. The van der Waals surface area contributed by atoms with Crippen molar-refractivity contribution in [1.82, 2.24) is 0 Å². The average molecular weight is 294 g/mol. The van der Waals surface area contributed by atoms with Crippen LogP contribution >= 0.6 is 0 Å². The standard InChI is InChI=1S/C15H18O6/c1-19-11-8-9(13(16)21-3)7-10(12(11)20-2)15(14(17)18)5-4-6-15/h7-8H,4-6H2,1-3H3,(H,17,18). The maximum atomic E-state index is 11.8. The third kappa shape index (κ3) is 2.30. The number of hydrogen-bond donors (Lipinski definition) is 1. The van der Waals surface area contributed by atoms with Crippen LogP contribution in [-0.4, -0.2) is 38.4 Å². The van der Waals surface area contributed by atoms with Crippen molar-refractivity contribution in [3.8, 4) is 11.5 Å². The average Bonchev–Trinajstić information content (AvgIpc) is 2.43. The van der Waals surface area contributed by atoms with Crippen molar-refractivity contribution in [1.29, 1.82) is 0 Å². The molecule has 1 aromatic rings. The van der Waals surface area contributed by atoms with Gasteiger partial charge in [-0.2, -0.15) is 0 Å². The van der Waals surface area contributed by atoms with Crippen LogP contribution in [0.4, 0.5) is 0 Å². The highest BCUT2D eigenvalue weighted by Gasteiger charge is 2.48. The van der Waals surface area contributed by atoms with Gasteiger partial charge in [0.05, 0.1) is 32.3 Å². The molecule has 114 valence electrons. The van der Waals surface area contributed by atoms with Gasteiger partial charge in [0, 0.05) is 5.56 Å². The summed E-state index contributed by atoms with van der Waals surface area (Å²) in [5.41, 5.74) is -0.316. The van der Waals surface area contributed by atoms with Crippen LogP contribution in [0.2, 0.25) is 0 Å². The first-order valence-electron chi connectivity index (χ1n) is 6.58. The fraction of sp³-hybridized carbons (Fsp3) is 0.467. The molecule has 0 saturated heterocycles. The van der Waals surface area contributed by atoms with Gasteiger partial charge in [0.2, 0.25) is 0 Å². The Morgan fingerprint density at radius 3 is 2.19 bits per heavy atom. The molecule has 1 N–H and O–H groups in total. The Bertz CT molecular complexity index is 574. The fourth-order valence-corrected chi connectivity index (χ4v) is 2.68. The number of hydrogen-bond acceptors (Lipinski definition) is 5.